The van der Waals surface area contributed by atoms with Crippen LogP contribution in [0.25, 0.3) is 0 Å². The van der Waals surface area contributed by atoms with Gasteiger partial charge in [0.05, 0.1) is 5.75 Å². The SMILES string of the molecule is Cc1ccc(NC(=O)CSc2ccc3c(c2)OCCO3)cc1Cl. The third kappa shape index (κ3) is 4.12. The molecule has 2 aromatic carbocycles. The summed E-state index contributed by atoms with van der Waals surface area (Å²) < 4.78 is 11.0. The van der Waals surface area contributed by atoms with E-state index in [2.05, 4.69) is 5.32 Å². The van der Waals surface area contributed by atoms with Gasteiger partial charge in [-0.15, -0.1) is 11.8 Å². The first-order valence-electron chi connectivity index (χ1n) is 7.20. The zero-order valence-corrected chi connectivity index (χ0v) is 14.2. The third-order valence-electron chi connectivity index (χ3n) is 3.34. The molecule has 23 heavy (non-hydrogen) atoms. The normalized spacial score (nSPS) is 12.8. The van der Waals surface area contributed by atoms with Crippen LogP contribution in [0.2, 0.25) is 5.02 Å². The number of amides is 1. The highest BCUT2D eigenvalue weighted by atomic mass is 35.5. The predicted molar refractivity (Wildman–Crippen MR) is 93.0 cm³/mol. The minimum atomic E-state index is -0.0789. The number of thioether (sulfide) groups is 1. The van der Waals surface area contributed by atoms with Crippen molar-refractivity contribution in [3.63, 3.8) is 0 Å². The van der Waals surface area contributed by atoms with Crippen molar-refractivity contribution in [2.45, 2.75) is 11.8 Å². The molecule has 0 saturated carbocycles. The van der Waals surface area contributed by atoms with E-state index in [0.717, 1.165) is 22.0 Å². The highest BCUT2D eigenvalue weighted by Gasteiger charge is 2.12. The fraction of sp³-hybridized carbons (Fsp3) is 0.235. The summed E-state index contributed by atoms with van der Waals surface area (Å²) in [5.74, 6) is 1.71. The molecule has 0 spiro atoms. The Labute approximate surface area is 144 Å². The summed E-state index contributed by atoms with van der Waals surface area (Å²) in [4.78, 5) is 13.0. The van der Waals surface area contributed by atoms with E-state index in [9.17, 15) is 4.79 Å². The largest absolute Gasteiger partial charge is 0.486 e. The molecular formula is C17H16ClNO3S. The number of hydrogen-bond acceptors (Lipinski definition) is 4. The van der Waals surface area contributed by atoms with Gasteiger partial charge >= 0.3 is 0 Å². The van der Waals surface area contributed by atoms with E-state index < -0.39 is 0 Å². The molecule has 1 amide bonds. The van der Waals surface area contributed by atoms with Crippen LogP contribution in [0, 0.1) is 6.92 Å². The van der Waals surface area contributed by atoms with Crippen LogP contribution in [0.3, 0.4) is 0 Å². The molecule has 120 valence electrons. The van der Waals surface area contributed by atoms with Gasteiger partial charge in [0.2, 0.25) is 5.91 Å². The van der Waals surface area contributed by atoms with Gasteiger partial charge in [-0.1, -0.05) is 17.7 Å². The number of ether oxygens (including phenoxy) is 2. The Balaban J connectivity index is 1.57. The Morgan fingerprint density at radius 1 is 1.17 bits per heavy atom. The van der Waals surface area contributed by atoms with Crippen LogP contribution in [0.5, 0.6) is 11.5 Å². The Bertz CT molecular complexity index is 736. The highest BCUT2D eigenvalue weighted by Crippen LogP contribution is 2.34. The first-order chi connectivity index (χ1) is 11.1. The van der Waals surface area contributed by atoms with Gasteiger partial charge in [0.1, 0.15) is 13.2 Å². The second-order valence-electron chi connectivity index (χ2n) is 5.11. The van der Waals surface area contributed by atoms with Crippen molar-refractivity contribution in [1.29, 1.82) is 0 Å². The quantitative estimate of drug-likeness (QED) is 0.842. The van der Waals surface area contributed by atoms with Crippen molar-refractivity contribution >= 4 is 35.0 Å². The molecule has 0 unspecified atom stereocenters. The molecule has 2 aromatic rings. The summed E-state index contributed by atoms with van der Waals surface area (Å²) in [6, 6.07) is 11.2. The average Bonchev–Trinajstić information content (AvgIpc) is 2.56. The van der Waals surface area contributed by atoms with E-state index in [1.165, 1.54) is 11.8 Å². The molecule has 0 bridgehead atoms. The number of halogens is 1. The zero-order chi connectivity index (χ0) is 16.2. The lowest BCUT2D eigenvalue weighted by molar-refractivity contribution is -0.113. The maximum Gasteiger partial charge on any atom is 0.234 e. The second kappa shape index (κ2) is 7.15. The van der Waals surface area contributed by atoms with E-state index in [1.54, 1.807) is 6.07 Å². The summed E-state index contributed by atoms with van der Waals surface area (Å²) in [7, 11) is 0. The van der Waals surface area contributed by atoms with Crippen LogP contribution in [-0.4, -0.2) is 24.9 Å². The average molecular weight is 350 g/mol. The molecule has 0 fully saturated rings. The van der Waals surface area contributed by atoms with Crippen LogP contribution in [0.4, 0.5) is 5.69 Å². The highest BCUT2D eigenvalue weighted by molar-refractivity contribution is 8.00. The maximum atomic E-state index is 12.0. The minimum absolute atomic E-state index is 0.0789. The van der Waals surface area contributed by atoms with Crippen molar-refractivity contribution < 1.29 is 14.3 Å². The van der Waals surface area contributed by atoms with E-state index in [1.807, 2.05) is 37.3 Å². The fourth-order valence-corrected chi connectivity index (χ4v) is 3.04. The number of nitrogens with one attached hydrogen (secondary N) is 1. The van der Waals surface area contributed by atoms with Gasteiger partial charge in [-0.05, 0) is 42.8 Å². The number of fused-ring (bicyclic) bond motifs is 1. The smallest absolute Gasteiger partial charge is 0.234 e. The molecule has 0 aromatic heterocycles. The molecular weight excluding hydrogens is 334 g/mol. The molecule has 3 rings (SSSR count). The molecule has 1 N–H and O–H groups in total. The summed E-state index contributed by atoms with van der Waals surface area (Å²) in [6.07, 6.45) is 0. The standard InChI is InChI=1S/C17H16ClNO3S/c1-11-2-3-12(8-14(11)18)19-17(20)10-23-13-4-5-15-16(9-13)22-7-6-21-15/h2-5,8-9H,6-7,10H2,1H3,(H,19,20). The summed E-state index contributed by atoms with van der Waals surface area (Å²) in [5.41, 5.74) is 1.68. The van der Waals surface area contributed by atoms with Crippen molar-refractivity contribution in [3.8, 4) is 11.5 Å². The van der Waals surface area contributed by atoms with Gasteiger partial charge in [0.15, 0.2) is 11.5 Å². The van der Waals surface area contributed by atoms with Gasteiger partial charge < -0.3 is 14.8 Å². The van der Waals surface area contributed by atoms with Crippen molar-refractivity contribution in [1.82, 2.24) is 0 Å². The maximum absolute atomic E-state index is 12.0. The zero-order valence-electron chi connectivity index (χ0n) is 12.6. The van der Waals surface area contributed by atoms with Gasteiger partial charge in [-0.2, -0.15) is 0 Å². The van der Waals surface area contributed by atoms with E-state index in [0.29, 0.717) is 29.7 Å². The first kappa shape index (κ1) is 16.0. The molecule has 0 aliphatic carbocycles. The van der Waals surface area contributed by atoms with Crippen LogP contribution >= 0.6 is 23.4 Å². The Kier molecular flexibility index (Phi) is 4.98. The van der Waals surface area contributed by atoms with Crippen LogP contribution in [0.15, 0.2) is 41.3 Å². The monoisotopic (exact) mass is 349 g/mol. The topological polar surface area (TPSA) is 47.6 Å². The molecule has 0 atom stereocenters. The molecule has 1 heterocycles. The third-order valence-corrected chi connectivity index (χ3v) is 4.74. The van der Waals surface area contributed by atoms with Gasteiger partial charge in [0, 0.05) is 15.6 Å². The Hall–Kier alpha value is -1.85. The van der Waals surface area contributed by atoms with Crippen LogP contribution in [0.1, 0.15) is 5.56 Å². The lowest BCUT2D eigenvalue weighted by atomic mass is 10.2. The number of hydrogen-bond donors (Lipinski definition) is 1. The number of carbonyl (C=O) groups is 1. The number of aryl methyl sites for hydroxylation is 1. The van der Waals surface area contributed by atoms with Crippen LogP contribution in [-0.2, 0) is 4.79 Å². The van der Waals surface area contributed by atoms with Crippen LogP contribution < -0.4 is 14.8 Å². The predicted octanol–water partition coefficient (Wildman–Crippen LogP) is 4.15. The fourth-order valence-electron chi connectivity index (χ4n) is 2.13. The number of benzene rings is 2. The second-order valence-corrected chi connectivity index (χ2v) is 6.56. The first-order valence-corrected chi connectivity index (χ1v) is 8.56. The molecule has 1 aliphatic heterocycles. The number of anilines is 1. The lowest BCUT2D eigenvalue weighted by Crippen LogP contribution is -2.15. The van der Waals surface area contributed by atoms with Crippen molar-refractivity contribution in [2.24, 2.45) is 0 Å². The molecule has 4 nitrogen and oxygen atoms in total. The minimum Gasteiger partial charge on any atom is -0.486 e. The van der Waals surface area contributed by atoms with Crippen molar-refractivity contribution in [3.05, 3.63) is 47.0 Å². The van der Waals surface area contributed by atoms with Gasteiger partial charge in [0.25, 0.3) is 0 Å². The lowest BCUT2D eigenvalue weighted by Gasteiger charge is -2.18. The number of carbonyl (C=O) groups excluding carboxylic acids is 1. The van der Waals surface area contributed by atoms with E-state index in [4.69, 9.17) is 21.1 Å². The summed E-state index contributed by atoms with van der Waals surface area (Å²) in [5, 5.41) is 3.48. The molecule has 0 radical (unpaired) electrons. The Morgan fingerprint density at radius 2 is 1.96 bits per heavy atom. The molecule has 6 heteroatoms. The molecule has 1 aliphatic rings. The Morgan fingerprint density at radius 3 is 2.74 bits per heavy atom. The number of rotatable bonds is 4. The van der Waals surface area contributed by atoms with Gasteiger partial charge in [-0.3, -0.25) is 4.79 Å². The van der Waals surface area contributed by atoms with E-state index in [-0.39, 0.29) is 5.91 Å². The summed E-state index contributed by atoms with van der Waals surface area (Å²) in [6.45, 7) is 3.04. The van der Waals surface area contributed by atoms with Gasteiger partial charge in [-0.25, -0.2) is 0 Å². The van der Waals surface area contributed by atoms with E-state index >= 15 is 0 Å². The molecule has 0 saturated heterocycles. The summed E-state index contributed by atoms with van der Waals surface area (Å²) >= 11 is 7.50. The van der Waals surface area contributed by atoms with Crippen molar-refractivity contribution in [2.75, 3.05) is 24.3 Å².